The fourth-order valence-corrected chi connectivity index (χ4v) is 4.44. The van der Waals surface area contributed by atoms with Crippen molar-refractivity contribution < 1.29 is 4.79 Å². The summed E-state index contributed by atoms with van der Waals surface area (Å²) < 4.78 is 2.00. The quantitative estimate of drug-likeness (QED) is 0.404. The number of hydrogen-bond donors (Lipinski definition) is 2. The molecule has 2 aromatic carbocycles. The average molecular weight is 467 g/mol. The molecule has 4 aromatic rings. The first-order chi connectivity index (χ1) is 17.2. The summed E-state index contributed by atoms with van der Waals surface area (Å²) in [6, 6.07) is 22.5. The smallest absolute Gasteiger partial charge is 0.257 e. The van der Waals surface area contributed by atoms with Crippen LogP contribution in [-0.2, 0) is 13.1 Å². The van der Waals surface area contributed by atoms with Crippen LogP contribution in [0.1, 0.15) is 34.3 Å². The molecule has 0 saturated carbocycles. The van der Waals surface area contributed by atoms with Crippen molar-refractivity contribution in [2.24, 2.45) is 0 Å². The number of hydrogen-bond acceptors (Lipinski definition) is 5. The highest BCUT2D eigenvalue weighted by atomic mass is 16.1. The van der Waals surface area contributed by atoms with Crippen LogP contribution in [0.25, 0.3) is 0 Å². The Balaban J connectivity index is 1.09. The van der Waals surface area contributed by atoms with E-state index in [2.05, 4.69) is 62.1 Å². The number of aromatic nitrogens is 3. The molecule has 1 aliphatic heterocycles. The molecule has 1 aliphatic rings. The summed E-state index contributed by atoms with van der Waals surface area (Å²) in [7, 11) is 0. The molecular weight excluding hydrogens is 436 g/mol. The number of nitrogens with zero attached hydrogens (tertiary/aromatic N) is 4. The summed E-state index contributed by atoms with van der Waals surface area (Å²) in [6.07, 6.45) is 9.46. The number of pyridine rings is 1. The summed E-state index contributed by atoms with van der Waals surface area (Å²) >= 11 is 0. The van der Waals surface area contributed by atoms with E-state index >= 15 is 0 Å². The molecule has 2 N–H and O–H groups in total. The van der Waals surface area contributed by atoms with Crippen molar-refractivity contribution in [1.82, 2.24) is 20.1 Å². The van der Waals surface area contributed by atoms with E-state index in [1.54, 1.807) is 24.5 Å². The Morgan fingerprint density at radius 1 is 0.943 bits per heavy atom. The van der Waals surface area contributed by atoms with Gasteiger partial charge in [-0.15, -0.1) is 0 Å². The van der Waals surface area contributed by atoms with Crippen LogP contribution in [0, 0.1) is 0 Å². The van der Waals surface area contributed by atoms with E-state index in [1.807, 2.05) is 35.1 Å². The molecule has 2 aromatic heterocycles. The van der Waals surface area contributed by atoms with Crippen LogP contribution in [0.2, 0.25) is 0 Å². The Morgan fingerprint density at radius 3 is 2.60 bits per heavy atom. The van der Waals surface area contributed by atoms with E-state index in [9.17, 15) is 4.79 Å². The highest BCUT2D eigenvalue weighted by Crippen LogP contribution is 2.24. The van der Waals surface area contributed by atoms with Gasteiger partial charge in [0.1, 0.15) is 0 Å². The molecule has 7 nitrogen and oxygen atoms in total. The maximum absolute atomic E-state index is 12.4. The third-order valence-corrected chi connectivity index (χ3v) is 6.36. The zero-order valence-electron chi connectivity index (χ0n) is 19.7. The minimum Gasteiger partial charge on any atom is -0.371 e. The first-order valence-corrected chi connectivity index (χ1v) is 12.1. The molecule has 178 valence electrons. The van der Waals surface area contributed by atoms with Crippen LogP contribution in [0.4, 0.5) is 11.4 Å². The Morgan fingerprint density at radius 2 is 1.80 bits per heavy atom. The molecule has 35 heavy (non-hydrogen) atoms. The Hall–Kier alpha value is -3.97. The van der Waals surface area contributed by atoms with Crippen LogP contribution in [0.15, 0.2) is 91.5 Å². The third kappa shape index (κ3) is 6.13. The molecule has 3 heterocycles. The van der Waals surface area contributed by atoms with Crippen molar-refractivity contribution in [3.63, 3.8) is 0 Å². The van der Waals surface area contributed by atoms with Crippen LogP contribution in [-0.4, -0.2) is 39.8 Å². The minimum absolute atomic E-state index is 0.148. The van der Waals surface area contributed by atoms with Gasteiger partial charge >= 0.3 is 0 Å². The average Bonchev–Trinajstić information content (AvgIpc) is 3.36. The predicted molar refractivity (Wildman–Crippen MR) is 138 cm³/mol. The molecule has 7 heteroatoms. The summed E-state index contributed by atoms with van der Waals surface area (Å²) in [5, 5.41) is 11.2. The number of carbonyl (C=O) groups is 1. The van der Waals surface area contributed by atoms with Crippen molar-refractivity contribution in [3.8, 4) is 0 Å². The zero-order valence-corrected chi connectivity index (χ0v) is 19.7. The lowest BCUT2D eigenvalue weighted by Gasteiger charge is -2.34. The summed E-state index contributed by atoms with van der Waals surface area (Å²) in [5.41, 5.74) is 4.94. The second kappa shape index (κ2) is 11.0. The number of benzene rings is 2. The topological polar surface area (TPSA) is 75.1 Å². The van der Waals surface area contributed by atoms with Gasteiger partial charge in [-0.25, -0.2) is 0 Å². The van der Waals surface area contributed by atoms with Crippen LogP contribution in [0.3, 0.4) is 0 Å². The molecule has 0 bridgehead atoms. The van der Waals surface area contributed by atoms with E-state index in [-0.39, 0.29) is 5.91 Å². The predicted octanol–water partition coefficient (Wildman–Crippen LogP) is 4.34. The van der Waals surface area contributed by atoms with Gasteiger partial charge < -0.3 is 15.5 Å². The minimum atomic E-state index is -0.148. The molecule has 0 atom stereocenters. The van der Waals surface area contributed by atoms with Crippen LogP contribution in [0.5, 0.6) is 0 Å². The second-order valence-electron chi connectivity index (χ2n) is 8.92. The maximum atomic E-state index is 12.4. The van der Waals surface area contributed by atoms with Gasteiger partial charge in [-0.3, -0.25) is 14.5 Å². The van der Waals surface area contributed by atoms with E-state index < -0.39 is 0 Å². The number of nitrogens with one attached hydrogen (secondary N) is 2. The summed E-state index contributed by atoms with van der Waals surface area (Å²) in [5.74, 6) is -0.148. The van der Waals surface area contributed by atoms with E-state index in [0.717, 1.165) is 50.4 Å². The van der Waals surface area contributed by atoms with Crippen molar-refractivity contribution >= 4 is 17.3 Å². The first-order valence-electron chi connectivity index (χ1n) is 12.1. The van der Waals surface area contributed by atoms with Gasteiger partial charge in [-0.2, -0.15) is 5.10 Å². The van der Waals surface area contributed by atoms with Crippen LogP contribution < -0.4 is 15.5 Å². The standard InChI is InChI=1S/C28H30N6O/c35-28(24-8-5-13-29-19-24)32-26-9-4-10-27(16-26)33-14-11-25(12-15-33)30-17-23-18-31-34(21-23)20-22-6-2-1-3-7-22/h1-10,13,16,18-19,21,25,30H,11-12,14-15,17,20H2,(H,32,35). The largest absolute Gasteiger partial charge is 0.371 e. The summed E-state index contributed by atoms with van der Waals surface area (Å²) in [6.45, 7) is 3.58. The lowest BCUT2D eigenvalue weighted by Crippen LogP contribution is -2.42. The van der Waals surface area contributed by atoms with Gasteiger partial charge in [-0.05, 0) is 48.7 Å². The molecule has 1 amide bonds. The van der Waals surface area contributed by atoms with Gasteiger partial charge in [-0.1, -0.05) is 36.4 Å². The zero-order chi connectivity index (χ0) is 23.9. The highest BCUT2D eigenvalue weighted by molar-refractivity contribution is 6.04. The van der Waals surface area contributed by atoms with E-state index in [0.29, 0.717) is 11.6 Å². The molecule has 0 spiro atoms. The molecule has 0 unspecified atom stereocenters. The van der Waals surface area contributed by atoms with Crippen molar-refractivity contribution in [3.05, 3.63) is 108 Å². The van der Waals surface area contributed by atoms with Gasteiger partial charge in [0.15, 0.2) is 0 Å². The Bertz CT molecular complexity index is 1230. The number of rotatable bonds is 8. The molecule has 1 saturated heterocycles. The molecule has 0 aliphatic carbocycles. The van der Waals surface area contributed by atoms with Crippen molar-refractivity contribution in [2.45, 2.75) is 32.0 Å². The van der Waals surface area contributed by atoms with Crippen molar-refractivity contribution in [2.75, 3.05) is 23.3 Å². The van der Waals surface area contributed by atoms with Gasteiger partial charge in [0.25, 0.3) is 5.91 Å². The third-order valence-electron chi connectivity index (χ3n) is 6.36. The van der Waals surface area contributed by atoms with Gasteiger partial charge in [0, 0.05) is 61.2 Å². The lowest BCUT2D eigenvalue weighted by molar-refractivity contribution is 0.102. The molecule has 5 rings (SSSR count). The fraction of sp³-hybridized carbons (Fsp3) is 0.250. The second-order valence-corrected chi connectivity index (χ2v) is 8.92. The lowest BCUT2D eigenvalue weighted by atomic mass is 10.0. The fourth-order valence-electron chi connectivity index (χ4n) is 4.44. The number of anilines is 2. The summed E-state index contributed by atoms with van der Waals surface area (Å²) in [4.78, 5) is 18.9. The molecule has 0 radical (unpaired) electrons. The number of carbonyl (C=O) groups excluding carboxylic acids is 1. The Labute approximate surface area is 205 Å². The number of piperidine rings is 1. The molecule has 1 fully saturated rings. The van der Waals surface area contributed by atoms with E-state index in [4.69, 9.17) is 0 Å². The van der Waals surface area contributed by atoms with Crippen LogP contribution >= 0.6 is 0 Å². The van der Waals surface area contributed by atoms with Gasteiger partial charge in [0.2, 0.25) is 0 Å². The number of amides is 1. The monoisotopic (exact) mass is 466 g/mol. The van der Waals surface area contributed by atoms with Crippen molar-refractivity contribution in [1.29, 1.82) is 0 Å². The van der Waals surface area contributed by atoms with E-state index in [1.165, 1.54) is 11.1 Å². The Kier molecular flexibility index (Phi) is 7.15. The highest BCUT2D eigenvalue weighted by Gasteiger charge is 2.19. The normalized spacial score (nSPS) is 14.1. The first kappa shape index (κ1) is 22.8. The van der Waals surface area contributed by atoms with Gasteiger partial charge in [0.05, 0.1) is 18.3 Å². The molecular formula is C28H30N6O. The SMILES string of the molecule is O=C(Nc1cccc(N2CCC(NCc3cnn(Cc4ccccc4)c3)CC2)c1)c1cccnc1. The maximum Gasteiger partial charge on any atom is 0.257 e.